The molecule has 1 atom stereocenters. The van der Waals surface area contributed by atoms with E-state index in [0.29, 0.717) is 6.42 Å². The molecule has 2 N–H and O–H groups in total. The van der Waals surface area contributed by atoms with Crippen molar-refractivity contribution in [1.29, 1.82) is 0 Å². The van der Waals surface area contributed by atoms with E-state index >= 15 is 0 Å². The fraction of sp³-hybridized carbons (Fsp3) is 0.429. The van der Waals surface area contributed by atoms with Gasteiger partial charge in [0.05, 0.1) is 0 Å². The summed E-state index contributed by atoms with van der Waals surface area (Å²) in [6.07, 6.45) is 0.392. The Morgan fingerprint density at radius 1 is 1.32 bits per heavy atom. The third-order valence-electron chi connectivity index (χ3n) is 3.50. The second-order valence-corrected chi connectivity index (χ2v) is 4.90. The minimum absolute atomic E-state index is 0.0435. The number of nitrogens with one attached hydrogen (secondary N) is 1. The fourth-order valence-corrected chi connectivity index (χ4v) is 2.45. The van der Waals surface area contributed by atoms with Crippen molar-refractivity contribution in [3.63, 3.8) is 0 Å². The van der Waals surface area contributed by atoms with Gasteiger partial charge in [-0.15, -0.1) is 0 Å². The van der Waals surface area contributed by atoms with Crippen LogP contribution in [-0.2, 0) is 10.3 Å². The van der Waals surface area contributed by atoms with Gasteiger partial charge < -0.3 is 10.4 Å². The molecule has 1 heterocycles. The van der Waals surface area contributed by atoms with Gasteiger partial charge in [-0.25, -0.2) is 4.79 Å². The number of urea groups is 1. The Bertz CT molecular complexity index is 515. The second-order valence-electron chi connectivity index (χ2n) is 4.90. The molecule has 0 aromatic heterocycles. The van der Waals surface area contributed by atoms with Crippen molar-refractivity contribution in [2.75, 3.05) is 13.2 Å². The number of aliphatic hydroxyl groups excluding tert-OH is 1. The standard InChI is InChI=1S/C14H18N2O3/c1-10-6-3-4-7-11(10)14(2)12(18)16(8-5-9-17)13(19)15-14/h3-4,6-7,17H,5,8-9H2,1-2H3,(H,15,19). The molecule has 1 aromatic rings. The minimum Gasteiger partial charge on any atom is -0.396 e. The molecule has 2 rings (SSSR count). The molecule has 19 heavy (non-hydrogen) atoms. The van der Waals surface area contributed by atoms with E-state index in [4.69, 9.17) is 5.11 Å². The number of carbonyl (C=O) groups is 2. The molecular formula is C14H18N2O3. The predicted octanol–water partition coefficient (Wildman–Crippen LogP) is 1.14. The van der Waals surface area contributed by atoms with Crippen LogP contribution in [0, 0.1) is 6.92 Å². The van der Waals surface area contributed by atoms with Crippen LogP contribution in [0.5, 0.6) is 0 Å². The highest BCUT2D eigenvalue weighted by molar-refractivity contribution is 6.07. The van der Waals surface area contributed by atoms with Gasteiger partial charge in [0.15, 0.2) is 0 Å². The quantitative estimate of drug-likeness (QED) is 0.800. The number of benzene rings is 1. The van der Waals surface area contributed by atoms with Gasteiger partial charge in [0.2, 0.25) is 0 Å². The summed E-state index contributed by atoms with van der Waals surface area (Å²) in [5.74, 6) is -0.264. The Kier molecular flexibility index (Phi) is 3.57. The van der Waals surface area contributed by atoms with Gasteiger partial charge in [-0.3, -0.25) is 9.69 Å². The molecule has 1 aliphatic heterocycles. The first-order valence-corrected chi connectivity index (χ1v) is 6.32. The number of rotatable bonds is 4. The molecule has 0 aliphatic carbocycles. The molecule has 1 aliphatic rings. The van der Waals surface area contributed by atoms with Crippen molar-refractivity contribution in [1.82, 2.24) is 10.2 Å². The molecule has 5 nitrogen and oxygen atoms in total. The van der Waals surface area contributed by atoms with Crippen LogP contribution in [0.2, 0.25) is 0 Å². The monoisotopic (exact) mass is 262 g/mol. The normalized spacial score (nSPS) is 22.8. The van der Waals surface area contributed by atoms with Crippen LogP contribution in [-0.4, -0.2) is 35.1 Å². The maximum Gasteiger partial charge on any atom is 0.325 e. The van der Waals surface area contributed by atoms with Crippen LogP contribution >= 0.6 is 0 Å². The molecule has 102 valence electrons. The first kappa shape index (κ1) is 13.5. The van der Waals surface area contributed by atoms with Crippen molar-refractivity contribution in [2.24, 2.45) is 0 Å². The summed E-state index contributed by atoms with van der Waals surface area (Å²) in [4.78, 5) is 25.5. The van der Waals surface area contributed by atoms with Crippen LogP contribution < -0.4 is 5.32 Å². The van der Waals surface area contributed by atoms with E-state index in [2.05, 4.69) is 5.32 Å². The number of amides is 3. The highest BCUT2D eigenvalue weighted by atomic mass is 16.3. The van der Waals surface area contributed by atoms with Crippen molar-refractivity contribution in [3.8, 4) is 0 Å². The molecular weight excluding hydrogens is 244 g/mol. The van der Waals surface area contributed by atoms with Crippen LogP contribution in [0.1, 0.15) is 24.5 Å². The maximum atomic E-state index is 12.5. The lowest BCUT2D eigenvalue weighted by Gasteiger charge is -2.24. The van der Waals surface area contributed by atoms with Gasteiger partial charge in [-0.1, -0.05) is 24.3 Å². The summed E-state index contributed by atoms with van der Waals surface area (Å²) >= 11 is 0. The van der Waals surface area contributed by atoms with E-state index in [1.54, 1.807) is 6.92 Å². The minimum atomic E-state index is -1.02. The number of aliphatic hydroxyl groups is 1. The van der Waals surface area contributed by atoms with Crippen molar-refractivity contribution in [3.05, 3.63) is 35.4 Å². The first-order valence-electron chi connectivity index (χ1n) is 6.32. The third-order valence-corrected chi connectivity index (χ3v) is 3.50. The van der Waals surface area contributed by atoms with E-state index in [0.717, 1.165) is 11.1 Å². The number of hydrogen-bond donors (Lipinski definition) is 2. The Balaban J connectivity index is 2.33. The zero-order chi connectivity index (χ0) is 14.0. The zero-order valence-electron chi connectivity index (χ0n) is 11.1. The fourth-order valence-electron chi connectivity index (χ4n) is 2.45. The van der Waals surface area contributed by atoms with Crippen molar-refractivity contribution < 1.29 is 14.7 Å². The number of imide groups is 1. The average Bonchev–Trinajstić information content (AvgIpc) is 2.59. The lowest BCUT2D eigenvalue weighted by atomic mass is 9.88. The van der Waals surface area contributed by atoms with E-state index < -0.39 is 11.6 Å². The number of hydrogen-bond acceptors (Lipinski definition) is 3. The van der Waals surface area contributed by atoms with E-state index in [-0.39, 0.29) is 19.1 Å². The summed E-state index contributed by atoms with van der Waals surface area (Å²) in [6.45, 7) is 3.83. The average molecular weight is 262 g/mol. The molecule has 1 saturated heterocycles. The van der Waals surface area contributed by atoms with Crippen LogP contribution in [0.15, 0.2) is 24.3 Å². The van der Waals surface area contributed by atoms with Gasteiger partial charge in [-0.2, -0.15) is 0 Å². The number of aryl methyl sites for hydroxylation is 1. The van der Waals surface area contributed by atoms with Gasteiger partial charge in [-0.05, 0) is 31.4 Å². The van der Waals surface area contributed by atoms with Gasteiger partial charge >= 0.3 is 6.03 Å². The molecule has 0 radical (unpaired) electrons. The van der Waals surface area contributed by atoms with Crippen molar-refractivity contribution >= 4 is 11.9 Å². The molecule has 0 spiro atoms. The molecule has 0 bridgehead atoms. The Morgan fingerprint density at radius 3 is 2.63 bits per heavy atom. The largest absolute Gasteiger partial charge is 0.396 e. The lowest BCUT2D eigenvalue weighted by Crippen LogP contribution is -2.41. The molecule has 0 saturated carbocycles. The van der Waals surface area contributed by atoms with E-state index in [1.807, 2.05) is 31.2 Å². The van der Waals surface area contributed by atoms with E-state index in [1.165, 1.54) is 4.90 Å². The SMILES string of the molecule is Cc1ccccc1C1(C)NC(=O)N(CCCO)C1=O. The molecule has 1 fully saturated rings. The summed E-state index contributed by atoms with van der Waals surface area (Å²) in [5, 5.41) is 11.6. The summed E-state index contributed by atoms with van der Waals surface area (Å²) in [7, 11) is 0. The van der Waals surface area contributed by atoms with Crippen LogP contribution in [0.3, 0.4) is 0 Å². The van der Waals surface area contributed by atoms with Gasteiger partial charge in [0.1, 0.15) is 5.54 Å². The topological polar surface area (TPSA) is 69.6 Å². The third kappa shape index (κ3) is 2.21. The first-order chi connectivity index (χ1) is 9.00. The molecule has 5 heteroatoms. The van der Waals surface area contributed by atoms with Gasteiger partial charge in [0.25, 0.3) is 5.91 Å². The van der Waals surface area contributed by atoms with Crippen molar-refractivity contribution in [2.45, 2.75) is 25.8 Å². The molecule has 1 aromatic carbocycles. The number of nitrogens with zero attached hydrogens (tertiary/aromatic N) is 1. The zero-order valence-corrected chi connectivity index (χ0v) is 11.1. The lowest BCUT2D eigenvalue weighted by molar-refractivity contribution is -0.131. The van der Waals surface area contributed by atoms with E-state index in [9.17, 15) is 9.59 Å². The second kappa shape index (κ2) is 5.01. The van der Waals surface area contributed by atoms with Gasteiger partial charge in [0, 0.05) is 13.2 Å². The highest BCUT2D eigenvalue weighted by Crippen LogP contribution is 2.30. The predicted molar refractivity (Wildman–Crippen MR) is 70.5 cm³/mol. The van der Waals surface area contributed by atoms with Crippen LogP contribution in [0.4, 0.5) is 4.79 Å². The Morgan fingerprint density at radius 2 is 2.00 bits per heavy atom. The summed E-state index contributed by atoms with van der Waals surface area (Å²) < 4.78 is 0. The summed E-state index contributed by atoms with van der Waals surface area (Å²) in [5.41, 5.74) is 0.750. The molecule has 3 amide bonds. The summed E-state index contributed by atoms with van der Waals surface area (Å²) in [6, 6.07) is 7.11. The Hall–Kier alpha value is -1.88. The Labute approximate surface area is 112 Å². The molecule has 1 unspecified atom stereocenters. The number of carbonyl (C=O) groups excluding carboxylic acids is 2. The van der Waals surface area contributed by atoms with Crippen LogP contribution in [0.25, 0.3) is 0 Å². The smallest absolute Gasteiger partial charge is 0.325 e. The maximum absolute atomic E-state index is 12.5. The highest BCUT2D eigenvalue weighted by Gasteiger charge is 2.49.